The molecule has 21 heavy (non-hydrogen) atoms. The van der Waals surface area contributed by atoms with E-state index in [4.69, 9.17) is 0 Å². The van der Waals surface area contributed by atoms with Crippen LogP contribution in [-0.2, 0) is 0 Å². The quantitative estimate of drug-likeness (QED) is 0.786. The molecule has 0 fully saturated rings. The Labute approximate surface area is 125 Å². The van der Waals surface area contributed by atoms with Crippen LogP contribution in [0.2, 0.25) is 0 Å². The first-order chi connectivity index (χ1) is 9.60. The zero-order valence-electron chi connectivity index (χ0n) is 13.8. The first-order valence-electron chi connectivity index (χ1n) is 7.47. The lowest BCUT2D eigenvalue weighted by molar-refractivity contribution is -0.140. The summed E-state index contributed by atoms with van der Waals surface area (Å²) < 4.78 is 38.8. The van der Waals surface area contributed by atoms with Gasteiger partial charge in [0.25, 0.3) is 0 Å². The molecule has 0 spiro atoms. The van der Waals surface area contributed by atoms with Crippen molar-refractivity contribution in [2.45, 2.75) is 66.6 Å². The highest BCUT2D eigenvalue weighted by molar-refractivity contribution is 5.50. The molecule has 0 heterocycles. The Morgan fingerprint density at radius 3 is 1.67 bits per heavy atom. The monoisotopic (exact) mass is 301 g/mol. The summed E-state index contributed by atoms with van der Waals surface area (Å²) in [6, 6.07) is -0.664. The standard InChI is InChI=1S/C17H26F3N/c1-7-8-21-15(9-17(18,19)20)16-13(5)11(3)10(2)12(4)14(16)6/h15,21H,7-9H2,1-6H3. The average molecular weight is 301 g/mol. The van der Waals surface area contributed by atoms with E-state index in [1.165, 1.54) is 5.56 Å². The summed E-state index contributed by atoms with van der Waals surface area (Å²) in [7, 11) is 0. The van der Waals surface area contributed by atoms with Crippen molar-refractivity contribution in [2.75, 3.05) is 6.54 Å². The van der Waals surface area contributed by atoms with E-state index in [0.29, 0.717) is 6.54 Å². The highest BCUT2D eigenvalue weighted by Crippen LogP contribution is 2.36. The van der Waals surface area contributed by atoms with Crippen molar-refractivity contribution in [3.05, 3.63) is 33.4 Å². The molecular weight excluding hydrogens is 275 g/mol. The molecule has 0 aliphatic heterocycles. The maximum absolute atomic E-state index is 12.9. The number of hydrogen-bond donors (Lipinski definition) is 1. The molecule has 1 aromatic rings. The third-order valence-electron chi connectivity index (χ3n) is 4.48. The summed E-state index contributed by atoms with van der Waals surface area (Å²) in [6.45, 7) is 12.4. The van der Waals surface area contributed by atoms with Crippen LogP contribution in [-0.4, -0.2) is 12.7 Å². The summed E-state index contributed by atoms with van der Waals surface area (Å²) >= 11 is 0. The Kier molecular flexibility index (Phi) is 5.85. The van der Waals surface area contributed by atoms with E-state index in [0.717, 1.165) is 34.2 Å². The third-order valence-corrected chi connectivity index (χ3v) is 4.48. The van der Waals surface area contributed by atoms with Crippen molar-refractivity contribution in [3.8, 4) is 0 Å². The number of nitrogens with one attached hydrogen (secondary N) is 1. The molecule has 1 unspecified atom stereocenters. The fourth-order valence-electron chi connectivity index (χ4n) is 2.88. The van der Waals surface area contributed by atoms with Gasteiger partial charge in [-0.2, -0.15) is 13.2 Å². The lowest BCUT2D eigenvalue weighted by atomic mass is 9.85. The zero-order chi connectivity index (χ0) is 16.4. The molecule has 0 saturated carbocycles. The van der Waals surface area contributed by atoms with Gasteiger partial charge in [-0.05, 0) is 81.0 Å². The molecule has 0 aliphatic carbocycles. The second-order valence-corrected chi connectivity index (χ2v) is 5.86. The molecule has 1 atom stereocenters. The average Bonchev–Trinajstić information content (AvgIpc) is 2.38. The smallest absolute Gasteiger partial charge is 0.310 e. The van der Waals surface area contributed by atoms with Crippen LogP contribution in [0.4, 0.5) is 13.2 Å². The molecule has 0 amide bonds. The molecule has 0 radical (unpaired) electrons. The second kappa shape index (κ2) is 6.82. The van der Waals surface area contributed by atoms with Gasteiger partial charge in [-0.1, -0.05) is 6.92 Å². The molecule has 0 aliphatic rings. The summed E-state index contributed by atoms with van der Waals surface area (Å²) in [5.41, 5.74) is 6.15. The van der Waals surface area contributed by atoms with Crippen molar-refractivity contribution in [1.82, 2.24) is 5.32 Å². The van der Waals surface area contributed by atoms with Gasteiger partial charge in [0.2, 0.25) is 0 Å². The van der Waals surface area contributed by atoms with Crippen molar-refractivity contribution in [1.29, 1.82) is 0 Å². The van der Waals surface area contributed by atoms with Gasteiger partial charge in [0.1, 0.15) is 0 Å². The van der Waals surface area contributed by atoms with Crippen LogP contribution in [0, 0.1) is 34.6 Å². The van der Waals surface area contributed by atoms with Gasteiger partial charge in [-0.3, -0.25) is 0 Å². The summed E-state index contributed by atoms with van der Waals surface area (Å²) in [4.78, 5) is 0. The van der Waals surface area contributed by atoms with E-state index in [-0.39, 0.29) is 0 Å². The Balaban J connectivity index is 3.36. The van der Waals surface area contributed by atoms with Crippen molar-refractivity contribution in [3.63, 3.8) is 0 Å². The molecule has 1 nitrogen and oxygen atoms in total. The maximum Gasteiger partial charge on any atom is 0.390 e. The number of benzene rings is 1. The Morgan fingerprint density at radius 2 is 1.29 bits per heavy atom. The van der Waals surface area contributed by atoms with Gasteiger partial charge in [0.15, 0.2) is 0 Å². The lowest BCUT2D eigenvalue weighted by Gasteiger charge is -2.27. The highest BCUT2D eigenvalue weighted by Gasteiger charge is 2.34. The van der Waals surface area contributed by atoms with E-state index in [1.54, 1.807) is 0 Å². The summed E-state index contributed by atoms with van der Waals surface area (Å²) in [6.07, 6.45) is -4.18. The van der Waals surface area contributed by atoms with Gasteiger partial charge >= 0.3 is 6.18 Å². The molecule has 0 aromatic heterocycles. The first kappa shape index (κ1) is 18.0. The Bertz CT molecular complexity index is 475. The minimum absolute atomic E-state index is 0.589. The van der Waals surface area contributed by atoms with Crippen LogP contribution < -0.4 is 5.32 Å². The number of alkyl halides is 3. The molecule has 0 saturated heterocycles. The Hall–Kier alpha value is -1.03. The third kappa shape index (κ3) is 4.22. The molecule has 1 N–H and O–H groups in total. The zero-order valence-corrected chi connectivity index (χ0v) is 13.8. The van der Waals surface area contributed by atoms with E-state index in [2.05, 4.69) is 5.32 Å². The van der Waals surface area contributed by atoms with Crippen molar-refractivity contribution < 1.29 is 13.2 Å². The van der Waals surface area contributed by atoms with Crippen LogP contribution in [0.25, 0.3) is 0 Å². The van der Waals surface area contributed by atoms with Crippen LogP contribution in [0.5, 0.6) is 0 Å². The number of rotatable bonds is 5. The van der Waals surface area contributed by atoms with Gasteiger partial charge in [-0.15, -0.1) is 0 Å². The predicted octanol–water partition coefficient (Wildman–Crippen LogP) is 5.22. The largest absolute Gasteiger partial charge is 0.390 e. The molecule has 1 aromatic carbocycles. The van der Waals surface area contributed by atoms with Crippen LogP contribution >= 0.6 is 0 Å². The number of hydrogen-bond acceptors (Lipinski definition) is 1. The normalized spacial score (nSPS) is 13.6. The van der Waals surface area contributed by atoms with Crippen LogP contribution in [0.1, 0.15) is 59.2 Å². The summed E-state index contributed by atoms with van der Waals surface area (Å²) in [5, 5.41) is 3.08. The van der Waals surface area contributed by atoms with Crippen LogP contribution in [0.3, 0.4) is 0 Å². The molecule has 0 bridgehead atoms. The van der Waals surface area contributed by atoms with E-state index in [1.807, 2.05) is 41.5 Å². The Morgan fingerprint density at radius 1 is 0.857 bits per heavy atom. The highest BCUT2D eigenvalue weighted by atomic mass is 19.4. The van der Waals surface area contributed by atoms with Gasteiger partial charge < -0.3 is 5.32 Å². The lowest BCUT2D eigenvalue weighted by Crippen LogP contribution is -2.29. The summed E-state index contributed by atoms with van der Waals surface area (Å²) in [5.74, 6) is 0. The first-order valence-corrected chi connectivity index (χ1v) is 7.47. The van der Waals surface area contributed by atoms with E-state index >= 15 is 0 Å². The predicted molar refractivity (Wildman–Crippen MR) is 81.8 cm³/mol. The topological polar surface area (TPSA) is 12.0 Å². The second-order valence-electron chi connectivity index (χ2n) is 5.86. The maximum atomic E-state index is 12.9. The van der Waals surface area contributed by atoms with E-state index < -0.39 is 18.6 Å². The molecule has 1 rings (SSSR count). The molecule has 4 heteroatoms. The minimum Gasteiger partial charge on any atom is -0.310 e. The minimum atomic E-state index is -4.17. The fourth-order valence-corrected chi connectivity index (χ4v) is 2.88. The van der Waals surface area contributed by atoms with E-state index in [9.17, 15) is 13.2 Å². The fraction of sp³-hybridized carbons (Fsp3) is 0.647. The van der Waals surface area contributed by atoms with Gasteiger partial charge in [0, 0.05) is 6.04 Å². The van der Waals surface area contributed by atoms with Gasteiger partial charge in [0.05, 0.1) is 6.42 Å². The SMILES string of the molecule is CCCNC(CC(F)(F)F)c1c(C)c(C)c(C)c(C)c1C. The van der Waals surface area contributed by atoms with Crippen molar-refractivity contribution >= 4 is 0 Å². The van der Waals surface area contributed by atoms with Gasteiger partial charge in [-0.25, -0.2) is 0 Å². The number of halogens is 3. The van der Waals surface area contributed by atoms with Crippen molar-refractivity contribution in [2.24, 2.45) is 0 Å². The van der Waals surface area contributed by atoms with Crippen LogP contribution in [0.15, 0.2) is 0 Å². The molecular formula is C17H26F3N. The molecule has 120 valence electrons.